The molecule has 18 heavy (non-hydrogen) atoms. The van der Waals surface area contributed by atoms with Crippen molar-refractivity contribution in [1.82, 2.24) is 15.2 Å². The number of aromatic nitrogens is 1. The Morgan fingerprint density at radius 2 is 2.33 bits per heavy atom. The van der Waals surface area contributed by atoms with E-state index in [1.807, 2.05) is 0 Å². The van der Waals surface area contributed by atoms with Crippen LogP contribution in [-0.4, -0.2) is 35.1 Å². The van der Waals surface area contributed by atoms with E-state index in [4.69, 9.17) is 0 Å². The number of hydrogen-bond donors (Lipinski definition) is 1. The van der Waals surface area contributed by atoms with Crippen LogP contribution in [0.25, 0.3) is 0 Å². The van der Waals surface area contributed by atoms with E-state index < -0.39 is 0 Å². The number of hydrogen-bond acceptors (Lipinski definition) is 4. The van der Waals surface area contributed by atoms with E-state index in [1.165, 1.54) is 49.5 Å². The van der Waals surface area contributed by atoms with Crippen molar-refractivity contribution in [2.45, 2.75) is 57.7 Å². The van der Waals surface area contributed by atoms with Gasteiger partial charge in [-0.25, -0.2) is 4.98 Å². The summed E-state index contributed by atoms with van der Waals surface area (Å²) in [6, 6.07) is 1.93. The molecule has 2 saturated heterocycles. The van der Waals surface area contributed by atoms with Crippen molar-refractivity contribution in [2.24, 2.45) is 0 Å². The van der Waals surface area contributed by atoms with E-state index in [1.54, 1.807) is 11.3 Å². The first-order valence-electron chi connectivity index (χ1n) is 7.14. The lowest BCUT2D eigenvalue weighted by Gasteiger charge is -2.36. The zero-order valence-electron chi connectivity index (χ0n) is 11.4. The normalized spacial score (nSPS) is 30.3. The Balaban J connectivity index is 1.56. The Labute approximate surface area is 114 Å². The third kappa shape index (κ3) is 2.60. The Kier molecular flexibility index (Phi) is 3.68. The summed E-state index contributed by atoms with van der Waals surface area (Å²) < 4.78 is 0. The van der Waals surface area contributed by atoms with Crippen molar-refractivity contribution in [2.75, 3.05) is 13.1 Å². The van der Waals surface area contributed by atoms with Gasteiger partial charge in [0.2, 0.25) is 0 Å². The molecule has 3 unspecified atom stereocenters. The van der Waals surface area contributed by atoms with Gasteiger partial charge in [-0.2, -0.15) is 0 Å². The summed E-state index contributed by atoms with van der Waals surface area (Å²) in [6.07, 6.45) is 5.43. The molecule has 1 aromatic rings. The molecular weight excluding hydrogens is 242 g/mol. The number of rotatable bonds is 3. The Morgan fingerprint density at radius 3 is 3.11 bits per heavy atom. The lowest BCUT2D eigenvalue weighted by atomic mass is 9.97. The summed E-state index contributed by atoms with van der Waals surface area (Å²) >= 11 is 1.75. The topological polar surface area (TPSA) is 28.2 Å². The lowest BCUT2D eigenvalue weighted by molar-refractivity contribution is 0.162. The van der Waals surface area contributed by atoms with Crippen LogP contribution in [0, 0.1) is 6.92 Å². The van der Waals surface area contributed by atoms with Crippen LogP contribution in [0.15, 0.2) is 5.38 Å². The summed E-state index contributed by atoms with van der Waals surface area (Å²) in [4.78, 5) is 7.26. The van der Waals surface area contributed by atoms with Gasteiger partial charge in [-0.15, -0.1) is 11.3 Å². The Hall–Kier alpha value is -0.450. The molecule has 2 fully saturated rings. The second-order valence-corrected chi connectivity index (χ2v) is 6.80. The highest BCUT2D eigenvalue weighted by Gasteiger charge is 2.32. The minimum Gasteiger partial charge on any atom is -0.306 e. The van der Waals surface area contributed by atoms with Gasteiger partial charge in [-0.05, 0) is 52.6 Å². The van der Waals surface area contributed by atoms with E-state index in [-0.39, 0.29) is 0 Å². The fourth-order valence-electron chi connectivity index (χ4n) is 3.39. The van der Waals surface area contributed by atoms with Crippen molar-refractivity contribution >= 4 is 11.3 Å². The highest BCUT2D eigenvalue weighted by Crippen LogP contribution is 2.28. The molecule has 0 aliphatic carbocycles. The van der Waals surface area contributed by atoms with Crippen LogP contribution < -0.4 is 5.32 Å². The molecule has 100 valence electrons. The van der Waals surface area contributed by atoms with Crippen LogP contribution in [0.1, 0.15) is 49.4 Å². The van der Waals surface area contributed by atoms with Gasteiger partial charge < -0.3 is 10.2 Å². The number of piperidine rings is 1. The van der Waals surface area contributed by atoms with Crippen molar-refractivity contribution in [1.29, 1.82) is 0 Å². The first-order valence-corrected chi connectivity index (χ1v) is 8.02. The maximum Gasteiger partial charge on any atom is 0.0898 e. The monoisotopic (exact) mass is 265 g/mol. The van der Waals surface area contributed by atoms with E-state index >= 15 is 0 Å². The van der Waals surface area contributed by atoms with Gasteiger partial charge >= 0.3 is 0 Å². The molecule has 0 aromatic carbocycles. The molecule has 0 amide bonds. The Bertz CT molecular complexity index is 403. The fraction of sp³-hybridized carbons (Fsp3) is 0.786. The van der Waals surface area contributed by atoms with Gasteiger partial charge in [0.15, 0.2) is 0 Å². The summed E-state index contributed by atoms with van der Waals surface area (Å²) in [5, 5.41) is 7.14. The largest absolute Gasteiger partial charge is 0.306 e. The number of thiazole rings is 1. The van der Waals surface area contributed by atoms with E-state index in [2.05, 4.69) is 34.4 Å². The average Bonchev–Trinajstić information content (AvgIpc) is 2.96. The molecule has 0 bridgehead atoms. The molecular formula is C14H23N3S. The minimum atomic E-state index is 0.396. The molecule has 2 aliphatic rings. The van der Waals surface area contributed by atoms with E-state index in [9.17, 15) is 0 Å². The predicted molar refractivity (Wildman–Crippen MR) is 76.0 cm³/mol. The molecule has 0 spiro atoms. The molecule has 2 aliphatic heterocycles. The second kappa shape index (κ2) is 5.27. The SMILES string of the molecule is Cc1nc(C(C)NC2CCN3CCCC3C2)cs1. The van der Waals surface area contributed by atoms with Crippen molar-refractivity contribution in [3.63, 3.8) is 0 Å². The van der Waals surface area contributed by atoms with Crippen molar-refractivity contribution < 1.29 is 0 Å². The second-order valence-electron chi connectivity index (χ2n) is 5.73. The maximum atomic E-state index is 4.59. The first kappa shape index (κ1) is 12.6. The predicted octanol–water partition coefficient (Wildman–Crippen LogP) is 2.73. The Morgan fingerprint density at radius 1 is 1.44 bits per heavy atom. The highest BCUT2D eigenvalue weighted by molar-refractivity contribution is 7.09. The minimum absolute atomic E-state index is 0.396. The van der Waals surface area contributed by atoms with Gasteiger partial charge in [0, 0.05) is 23.5 Å². The molecule has 3 atom stereocenters. The van der Waals surface area contributed by atoms with Crippen LogP contribution in [0.3, 0.4) is 0 Å². The summed E-state index contributed by atoms with van der Waals surface area (Å²) in [6.45, 7) is 6.94. The third-order valence-corrected chi connectivity index (χ3v) is 5.18. The first-order chi connectivity index (χ1) is 8.72. The van der Waals surface area contributed by atoms with E-state index in [0.717, 1.165) is 6.04 Å². The number of fused-ring (bicyclic) bond motifs is 1. The summed E-state index contributed by atoms with van der Waals surface area (Å²) in [5.74, 6) is 0. The van der Waals surface area contributed by atoms with Crippen molar-refractivity contribution in [3.05, 3.63) is 16.1 Å². The zero-order valence-corrected chi connectivity index (χ0v) is 12.2. The smallest absolute Gasteiger partial charge is 0.0898 e. The molecule has 1 aromatic heterocycles. The van der Waals surface area contributed by atoms with Crippen LogP contribution in [0.2, 0.25) is 0 Å². The maximum absolute atomic E-state index is 4.59. The third-order valence-electron chi connectivity index (χ3n) is 4.39. The van der Waals surface area contributed by atoms with Crippen LogP contribution >= 0.6 is 11.3 Å². The number of aryl methyl sites for hydroxylation is 1. The molecule has 4 heteroatoms. The van der Waals surface area contributed by atoms with Crippen molar-refractivity contribution in [3.8, 4) is 0 Å². The zero-order chi connectivity index (χ0) is 12.5. The number of nitrogens with one attached hydrogen (secondary N) is 1. The molecule has 0 saturated carbocycles. The lowest BCUT2D eigenvalue weighted by Crippen LogP contribution is -2.46. The van der Waals surface area contributed by atoms with Gasteiger partial charge in [0.05, 0.1) is 10.7 Å². The fourth-order valence-corrected chi connectivity index (χ4v) is 4.10. The van der Waals surface area contributed by atoms with Crippen LogP contribution in [0.5, 0.6) is 0 Å². The van der Waals surface area contributed by atoms with Gasteiger partial charge in [-0.3, -0.25) is 0 Å². The van der Waals surface area contributed by atoms with Gasteiger partial charge in [-0.1, -0.05) is 0 Å². The molecule has 3 nitrogen and oxygen atoms in total. The average molecular weight is 265 g/mol. The van der Waals surface area contributed by atoms with Crippen LogP contribution in [-0.2, 0) is 0 Å². The molecule has 3 rings (SSSR count). The van der Waals surface area contributed by atoms with E-state index in [0.29, 0.717) is 12.1 Å². The number of nitrogens with zero attached hydrogens (tertiary/aromatic N) is 2. The standard InChI is InChI=1S/C14H23N3S/c1-10(14-9-18-11(2)16-14)15-12-5-7-17-6-3-4-13(17)8-12/h9-10,12-13,15H,3-8H2,1-2H3. The molecule has 1 N–H and O–H groups in total. The summed E-state index contributed by atoms with van der Waals surface area (Å²) in [5.41, 5.74) is 1.21. The van der Waals surface area contributed by atoms with Gasteiger partial charge in [0.1, 0.15) is 0 Å². The quantitative estimate of drug-likeness (QED) is 0.911. The van der Waals surface area contributed by atoms with Crippen LogP contribution in [0.4, 0.5) is 0 Å². The molecule has 3 heterocycles. The van der Waals surface area contributed by atoms with Gasteiger partial charge in [0.25, 0.3) is 0 Å². The molecule has 0 radical (unpaired) electrons. The summed E-state index contributed by atoms with van der Waals surface area (Å²) in [7, 11) is 0. The highest BCUT2D eigenvalue weighted by atomic mass is 32.1.